The number of nitrogens with zero attached hydrogens (tertiary/aromatic N) is 1. The highest BCUT2D eigenvalue weighted by molar-refractivity contribution is 5.94. The van der Waals surface area contributed by atoms with Gasteiger partial charge in [0.25, 0.3) is 11.5 Å². The van der Waals surface area contributed by atoms with Crippen LogP contribution in [0, 0.1) is 0 Å². The third-order valence-corrected chi connectivity index (χ3v) is 6.09. The molecule has 1 aromatic heterocycles. The van der Waals surface area contributed by atoms with E-state index in [1.165, 1.54) is 0 Å². The molecule has 1 aliphatic rings. The molecule has 0 atom stereocenters. The lowest BCUT2D eigenvalue weighted by molar-refractivity contribution is 0.0954. The molecule has 0 spiro atoms. The van der Waals surface area contributed by atoms with Gasteiger partial charge in [-0.25, -0.2) is 5.10 Å². The van der Waals surface area contributed by atoms with Crippen molar-refractivity contribution in [3.05, 3.63) is 86.3 Å². The fourth-order valence-electron chi connectivity index (χ4n) is 4.35. The van der Waals surface area contributed by atoms with Crippen LogP contribution in [0.1, 0.15) is 51.1 Å². The normalized spacial score (nSPS) is 12.7. The summed E-state index contributed by atoms with van der Waals surface area (Å²) in [4.78, 5) is 24.8. The van der Waals surface area contributed by atoms with Crippen molar-refractivity contribution < 1.29 is 14.3 Å². The van der Waals surface area contributed by atoms with Gasteiger partial charge in [-0.1, -0.05) is 18.2 Å². The van der Waals surface area contributed by atoms with E-state index in [9.17, 15) is 9.59 Å². The second-order valence-corrected chi connectivity index (χ2v) is 8.24. The van der Waals surface area contributed by atoms with Crippen LogP contribution < -0.4 is 20.3 Å². The Morgan fingerprint density at radius 3 is 2.58 bits per heavy atom. The highest BCUT2D eigenvalue weighted by Gasteiger charge is 2.18. The summed E-state index contributed by atoms with van der Waals surface area (Å²) in [5, 5.41) is 9.94. The molecule has 1 amide bonds. The quantitative estimate of drug-likeness (QED) is 0.553. The van der Waals surface area contributed by atoms with Crippen LogP contribution in [-0.4, -0.2) is 36.9 Å². The first kappa shape index (κ1) is 22.6. The monoisotopic (exact) mass is 447 g/mol. The Labute approximate surface area is 193 Å². The standard InChI is InChI=1S/C26H29N3O4/c1-32-23-11-10-17(16-24(23)33-2)12-13-27-25(30)19-7-5-6-18(14-19)15-22-20-8-3-4-9-21(20)26(31)29-28-22/h5-7,10-11,14,16H,3-4,8-9,12-13,15H2,1-2H3,(H,27,30)(H,29,31). The summed E-state index contributed by atoms with van der Waals surface area (Å²) < 4.78 is 10.6. The van der Waals surface area contributed by atoms with E-state index in [4.69, 9.17) is 9.47 Å². The van der Waals surface area contributed by atoms with Crippen molar-refractivity contribution in [1.82, 2.24) is 15.5 Å². The molecule has 7 nitrogen and oxygen atoms in total. The van der Waals surface area contributed by atoms with Gasteiger partial charge in [0.2, 0.25) is 0 Å². The maximum atomic E-state index is 12.7. The van der Waals surface area contributed by atoms with Gasteiger partial charge in [-0.15, -0.1) is 0 Å². The molecule has 0 unspecified atom stereocenters. The van der Waals surface area contributed by atoms with Crippen LogP contribution in [0.15, 0.2) is 47.3 Å². The second kappa shape index (κ2) is 10.3. The van der Waals surface area contributed by atoms with E-state index in [-0.39, 0.29) is 11.5 Å². The number of hydrogen-bond donors (Lipinski definition) is 2. The number of methoxy groups -OCH3 is 2. The smallest absolute Gasteiger partial charge is 0.267 e. The summed E-state index contributed by atoms with van der Waals surface area (Å²) in [5.74, 6) is 1.24. The third kappa shape index (κ3) is 5.25. The SMILES string of the molecule is COc1ccc(CCNC(=O)c2cccc(Cc3n[nH]c(=O)c4c3CCCC4)c2)cc1OC. The summed E-state index contributed by atoms with van der Waals surface area (Å²) in [5.41, 5.74) is 5.43. The lowest BCUT2D eigenvalue weighted by Crippen LogP contribution is -2.26. The highest BCUT2D eigenvalue weighted by atomic mass is 16.5. The van der Waals surface area contributed by atoms with Crippen molar-refractivity contribution in [3.8, 4) is 11.5 Å². The molecule has 0 radical (unpaired) electrons. The van der Waals surface area contributed by atoms with E-state index in [0.717, 1.165) is 53.6 Å². The number of H-pyrrole nitrogens is 1. The minimum absolute atomic E-state index is 0.0731. The predicted octanol–water partition coefficient (Wildman–Crippen LogP) is 3.23. The number of aromatic nitrogens is 2. The van der Waals surface area contributed by atoms with Crippen LogP contribution in [0.25, 0.3) is 0 Å². The van der Waals surface area contributed by atoms with E-state index in [2.05, 4.69) is 15.5 Å². The van der Waals surface area contributed by atoms with Crippen molar-refractivity contribution in [3.63, 3.8) is 0 Å². The second-order valence-electron chi connectivity index (χ2n) is 8.24. The Morgan fingerprint density at radius 1 is 1.00 bits per heavy atom. The topological polar surface area (TPSA) is 93.3 Å². The van der Waals surface area contributed by atoms with Gasteiger partial charge in [0.05, 0.1) is 19.9 Å². The molecule has 1 heterocycles. The fourth-order valence-corrected chi connectivity index (χ4v) is 4.35. The molecule has 7 heteroatoms. The molecular weight excluding hydrogens is 418 g/mol. The van der Waals surface area contributed by atoms with Gasteiger partial charge in [-0.2, -0.15) is 5.10 Å². The minimum atomic E-state index is -0.117. The van der Waals surface area contributed by atoms with Crippen molar-refractivity contribution in [2.45, 2.75) is 38.5 Å². The number of benzene rings is 2. The molecule has 0 bridgehead atoms. The number of ether oxygens (including phenoxy) is 2. The Morgan fingerprint density at radius 2 is 1.79 bits per heavy atom. The molecule has 0 fully saturated rings. The van der Waals surface area contributed by atoms with E-state index < -0.39 is 0 Å². The van der Waals surface area contributed by atoms with E-state index >= 15 is 0 Å². The van der Waals surface area contributed by atoms with Gasteiger partial charge in [0.1, 0.15) is 0 Å². The molecule has 172 valence electrons. The average molecular weight is 448 g/mol. The van der Waals surface area contributed by atoms with Crippen molar-refractivity contribution in [2.24, 2.45) is 0 Å². The van der Waals surface area contributed by atoms with Gasteiger partial charge in [-0.3, -0.25) is 9.59 Å². The molecule has 1 aliphatic carbocycles. The number of rotatable bonds is 8. The van der Waals surface area contributed by atoms with Gasteiger partial charge >= 0.3 is 0 Å². The molecule has 0 saturated carbocycles. The lowest BCUT2D eigenvalue weighted by Gasteiger charge is -2.17. The van der Waals surface area contributed by atoms with Crippen LogP contribution in [0.2, 0.25) is 0 Å². The maximum Gasteiger partial charge on any atom is 0.267 e. The molecule has 33 heavy (non-hydrogen) atoms. The molecule has 2 aromatic carbocycles. The van der Waals surface area contributed by atoms with Crippen LogP contribution in [0.5, 0.6) is 11.5 Å². The zero-order chi connectivity index (χ0) is 23.2. The average Bonchev–Trinajstić information content (AvgIpc) is 2.86. The number of amides is 1. The van der Waals surface area contributed by atoms with E-state index in [1.807, 2.05) is 42.5 Å². The summed E-state index contributed by atoms with van der Waals surface area (Å²) in [6.07, 6.45) is 5.08. The Hall–Kier alpha value is -3.61. The van der Waals surface area contributed by atoms with Crippen molar-refractivity contribution >= 4 is 5.91 Å². The summed E-state index contributed by atoms with van der Waals surface area (Å²) >= 11 is 0. The number of hydrogen-bond acceptors (Lipinski definition) is 5. The van der Waals surface area contributed by atoms with Crippen LogP contribution in [0.4, 0.5) is 0 Å². The van der Waals surface area contributed by atoms with Gasteiger partial charge in [0, 0.05) is 24.1 Å². The van der Waals surface area contributed by atoms with E-state index in [0.29, 0.717) is 36.4 Å². The minimum Gasteiger partial charge on any atom is -0.493 e. The number of carbonyl (C=O) groups is 1. The van der Waals surface area contributed by atoms with Gasteiger partial charge in [0.15, 0.2) is 11.5 Å². The molecule has 3 aromatic rings. The summed E-state index contributed by atoms with van der Waals surface area (Å²) in [6, 6.07) is 13.3. The van der Waals surface area contributed by atoms with Gasteiger partial charge in [-0.05, 0) is 73.1 Å². The van der Waals surface area contributed by atoms with Crippen LogP contribution >= 0.6 is 0 Å². The number of carbonyl (C=O) groups excluding carboxylic acids is 1. The zero-order valence-corrected chi connectivity index (χ0v) is 19.1. The summed E-state index contributed by atoms with van der Waals surface area (Å²) in [7, 11) is 3.21. The first-order valence-corrected chi connectivity index (χ1v) is 11.3. The first-order valence-electron chi connectivity index (χ1n) is 11.3. The fraction of sp³-hybridized carbons (Fsp3) is 0.346. The van der Waals surface area contributed by atoms with Crippen molar-refractivity contribution in [2.75, 3.05) is 20.8 Å². The summed E-state index contributed by atoms with van der Waals surface area (Å²) in [6.45, 7) is 0.507. The maximum absolute atomic E-state index is 12.7. The largest absolute Gasteiger partial charge is 0.493 e. The third-order valence-electron chi connectivity index (χ3n) is 6.09. The van der Waals surface area contributed by atoms with Crippen LogP contribution in [-0.2, 0) is 25.7 Å². The number of nitrogens with one attached hydrogen (secondary N) is 2. The molecule has 2 N–H and O–H groups in total. The molecular formula is C26H29N3O4. The molecule has 0 saturated heterocycles. The van der Waals surface area contributed by atoms with Gasteiger partial charge < -0.3 is 14.8 Å². The Kier molecular flexibility index (Phi) is 7.07. The zero-order valence-electron chi connectivity index (χ0n) is 19.1. The predicted molar refractivity (Wildman–Crippen MR) is 126 cm³/mol. The number of aromatic amines is 1. The Balaban J connectivity index is 1.40. The van der Waals surface area contributed by atoms with E-state index in [1.54, 1.807) is 14.2 Å². The Bertz CT molecular complexity index is 1200. The molecule has 4 rings (SSSR count). The number of fused-ring (bicyclic) bond motifs is 1. The first-order chi connectivity index (χ1) is 16.1. The highest BCUT2D eigenvalue weighted by Crippen LogP contribution is 2.27. The van der Waals surface area contributed by atoms with Crippen LogP contribution in [0.3, 0.4) is 0 Å². The lowest BCUT2D eigenvalue weighted by atomic mass is 9.90. The molecule has 0 aliphatic heterocycles. The van der Waals surface area contributed by atoms with Crippen molar-refractivity contribution in [1.29, 1.82) is 0 Å².